The molecule has 1 heterocycles. The van der Waals surface area contributed by atoms with E-state index in [-0.39, 0.29) is 17.6 Å². The van der Waals surface area contributed by atoms with Gasteiger partial charge < -0.3 is 10.2 Å². The SMILES string of the molecule is CCNC1CC(=O)N(c2ccc(F)cc2F)C1. The molecule has 0 spiro atoms. The highest BCUT2D eigenvalue weighted by molar-refractivity contribution is 5.96. The molecule has 1 unspecified atom stereocenters. The van der Waals surface area contributed by atoms with Crippen LogP contribution in [0.5, 0.6) is 0 Å². The summed E-state index contributed by atoms with van der Waals surface area (Å²) >= 11 is 0. The van der Waals surface area contributed by atoms with Gasteiger partial charge >= 0.3 is 0 Å². The highest BCUT2D eigenvalue weighted by Gasteiger charge is 2.31. The van der Waals surface area contributed by atoms with Crippen molar-refractivity contribution in [2.75, 3.05) is 18.0 Å². The van der Waals surface area contributed by atoms with Gasteiger partial charge in [0.15, 0.2) is 0 Å². The summed E-state index contributed by atoms with van der Waals surface area (Å²) in [4.78, 5) is 13.1. The first-order valence-corrected chi connectivity index (χ1v) is 5.60. The third-order valence-corrected chi connectivity index (χ3v) is 2.82. The van der Waals surface area contributed by atoms with Crippen LogP contribution >= 0.6 is 0 Å². The van der Waals surface area contributed by atoms with Gasteiger partial charge in [0.25, 0.3) is 0 Å². The molecule has 17 heavy (non-hydrogen) atoms. The summed E-state index contributed by atoms with van der Waals surface area (Å²) in [6.45, 7) is 3.14. The standard InChI is InChI=1S/C12H14F2N2O/c1-2-15-9-6-12(17)16(7-9)11-4-3-8(13)5-10(11)14/h3-5,9,15H,2,6-7H2,1H3. The molecule has 92 valence electrons. The van der Waals surface area contributed by atoms with E-state index in [1.165, 1.54) is 11.0 Å². The number of benzene rings is 1. The Labute approximate surface area is 98.4 Å². The first-order valence-electron chi connectivity index (χ1n) is 5.60. The second-order valence-corrected chi connectivity index (χ2v) is 4.06. The van der Waals surface area contributed by atoms with Gasteiger partial charge in [0, 0.05) is 25.1 Å². The van der Waals surface area contributed by atoms with Crippen LogP contribution in [0.15, 0.2) is 18.2 Å². The van der Waals surface area contributed by atoms with E-state index in [1.54, 1.807) is 0 Å². The van der Waals surface area contributed by atoms with E-state index in [9.17, 15) is 13.6 Å². The number of halogens is 2. The maximum Gasteiger partial charge on any atom is 0.228 e. The molecule has 1 fully saturated rings. The second-order valence-electron chi connectivity index (χ2n) is 4.06. The highest BCUT2D eigenvalue weighted by atomic mass is 19.1. The number of likely N-dealkylation sites (N-methyl/N-ethyl adjacent to an activating group) is 1. The lowest BCUT2D eigenvalue weighted by atomic mass is 10.2. The largest absolute Gasteiger partial charge is 0.312 e. The van der Waals surface area contributed by atoms with Crippen molar-refractivity contribution in [3.8, 4) is 0 Å². The van der Waals surface area contributed by atoms with Gasteiger partial charge in [0.05, 0.1) is 5.69 Å². The molecule has 0 saturated carbocycles. The molecule has 0 bridgehead atoms. The Hall–Kier alpha value is -1.49. The molecule has 1 atom stereocenters. The van der Waals surface area contributed by atoms with Crippen LogP contribution in [-0.4, -0.2) is 25.0 Å². The van der Waals surface area contributed by atoms with Gasteiger partial charge in [-0.3, -0.25) is 4.79 Å². The van der Waals surface area contributed by atoms with Gasteiger partial charge in [-0.2, -0.15) is 0 Å². The van der Waals surface area contributed by atoms with Crippen molar-refractivity contribution >= 4 is 11.6 Å². The average Bonchev–Trinajstić information content (AvgIpc) is 2.60. The molecular formula is C12H14F2N2O. The van der Waals surface area contributed by atoms with E-state index in [4.69, 9.17) is 0 Å². The van der Waals surface area contributed by atoms with Crippen molar-refractivity contribution < 1.29 is 13.6 Å². The van der Waals surface area contributed by atoms with Crippen molar-refractivity contribution in [1.82, 2.24) is 5.32 Å². The third-order valence-electron chi connectivity index (χ3n) is 2.82. The van der Waals surface area contributed by atoms with E-state index >= 15 is 0 Å². The molecule has 1 N–H and O–H groups in total. The minimum absolute atomic E-state index is 0.0388. The van der Waals surface area contributed by atoms with Crippen LogP contribution in [0.2, 0.25) is 0 Å². The Morgan fingerprint density at radius 1 is 1.47 bits per heavy atom. The minimum atomic E-state index is -0.699. The van der Waals surface area contributed by atoms with E-state index in [2.05, 4.69) is 5.32 Å². The zero-order chi connectivity index (χ0) is 12.4. The molecule has 5 heteroatoms. The van der Waals surface area contributed by atoms with Gasteiger partial charge in [-0.25, -0.2) is 8.78 Å². The zero-order valence-corrected chi connectivity index (χ0v) is 9.54. The summed E-state index contributed by atoms with van der Waals surface area (Å²) in [7, 11) is 0. The van der Waals surface area contributed by atoms with Crippen LogP contribution in [0, 0.1) is 11.6 Å². The molecule has 1 aromatic rings. The fourth-order valence-electron chi connectivity index (χ4n) is 2.07. The molecule has 2 rings (SSSR count). The summed E-state index contributed by atoms with van der Waals surface area (Å²) in [5.74, 6) is -1.47. The van der Waals surface area contributed by atoms with Crippen LogP contribution in [0.1, 0.15) is 13.3 Å². The Balaban J connectivity index is 2.20. The quantitative estimate of drug-likeness (QED) is 0.871. The molecule has 0 aromatic heterocycles. The van der Waals surface area contributed by atoms with Crippen molar-refractivity contribution in [2.24, 2.45) is 0 Å². The maximum atomic E-state index is 13.5. The van der Waals surface area contributed by atoms with Gasteiger partial charge in [-0.15, -0.1) is 0 Å². The lowest BCUT2D eigenvalue weighted by Gasteiger charge is -2.17. The molecular weight excluding hydrogens is 226 g/mol. The van der Waals surface area contributed by atoms with Crippen molar-refractivity contribution in [3.05, 3.63) is 29.8 Å². The smallest absolute Gasteiger partial charge is 0.228 e. The molecule has 1 amide bonds. The Morgan fingerprint density at radius 3 is 2.88 bits per heavy atom. The van der Waals surface area contributed by atoms with Crippen LogP contribution < -0.4 is 10.2 Å². The normalized spacial score (nSPS) is 20.1. The maximum absolute atomic E-state index is 13.5. The molecule has 3 nitrogen and oxygen atoms in total. The van der Waals surface area contributed by atoms with Gasteiger partial charge in [-0.05, 0) is 18.7 Å². The zero-order valence-electron chi connectivity index (χ0n) is 9.54. The summed E-state index contributed by atoms with van der Waals surface area (Å²) in [5, 5.41) is 3.15. The number of hydrogen-bond acceptors (Lipinski definition) is 2. The lowest BCUT2D eigenvalue weighted by molar-refractivity contribution is -0.117. The van der Waals surface area contributed by atoms with Crippen molar-refractivity contribution in [1.29, 1.82) is 0 Å². The first-order chi connectivity index (χ1) is 8.11. The van der Waals surface area contributed by atoms with Crippen LogP contribution in [0.25, 0.3) is 0 Å². The molecule has 1 saturated heterocycles. The molecule has 1 aliphatic heterocycles. The Bertz CT molecular complexity index is 437. The van der Waals surface area contributed by atoms with Gasteiger partial charge in [0.1, 0.15) is 11.6 Å². The molecule has 0 aliphatic carbocycles. The van der Waals surface area contributed by atoms with Crippen molar-refractivity contribution in [3.63, 3.8) is 0 Å². The number of nitrogens with zero attached hydrogens (tertiary/aromatic N) is 1. The molecule has 1 aromatic carbocycles. The number of amides is 1. The number of carbonyl (C=O) groups excluding carboxylic acids is 1. The fraction of sp³-hybridized carbons (Fsp3) is 0.417. The number of nitrogens with one attached hydrogen (secondary N) is 1. The minimum Gasteiger partial charge on any atom is -0.312 e. The Morgan fingerprint density at radius 2 is 2.24 bits per heavy atom. The second kappa shape index (κ2) is 4.79. The number of hydrogen-bond donors (Lipinski definition) is 1. The topological polar surface area (TPSA) is 32.3 Å². The monoisotopic (exact) mass is 240 g/mol. The third kappa shape index (κ3) is 2.44. The molecule has 1 aliphatic rings. The summed E-state index contributed by atoms with van der Waals surface area (Å²) in [5.41, 5.74) is 0.150. The van der Waals surface area contributed by atoms with Crippen LogP contribution in [-0.2, 0) is 4.79 Å². The van der Waals surface area contributed by atoms with E-state index in [1.807, 2.05) is 6.92 Å². The fourth-order valence-corrected chi connectivity index (χ4v) is 2.07. The number of carbonyl (C=O) groups is 1. The van der Waals surface area contributed by atoms with Gasteiger partial charge in [-0.1, -0.05) is 6.92 Å². The van der Waals surface area contributed by atoms with Gasteiger partial charge in [0.2, 0.25) is 5.91 Å². The molecule has 0 radical (unpaired) electrons. The van der Waals surface area contributed by atoms with Crippen molar-refractivity contribution in [2.45, 2.75) is 19.4 Å². The number of rotatable bonds is 3. The Kier molecular flexibility index (Phi) is 3.38. The van der Waals surface area contributed by atoms with E-state index in [0.29, 0.717) is 13.0 Å². The predicted molar refractivity (Wildman–Crippen MR) is 60.8 cm³/mol. The van der Waals surface area contributed by atoms with Crippen LogP contribution in [0.3, 0.4) is 0 Å². The summed E-state index contributed by atoms with van der Waals surface area (Å²) in [6.07, 6.45) is 0.352. The highest BCUT2D eigenvalue weighted by Crippen LogP contribution is 2.25. The average molecular weight is 240 g/mol. The predicted octanol–water partition coefficient (Wildman–Crippen LogP) is 1.68. The number of anilines is 1. The summed E-state index contributed by atoms with van der Waals surface area (Å²) in [6, 6.07) is 3.30. The van der Waals surface area contributed by atoms with E-state index < -0.39 is 11.6 Å². The summed E-state index contributed by atoms with van der Waals surface area (Å²) < 4.78 is 26.3. The first kappa shape index (κ1) is 12.0. The lowest BCUT2D eigenvalue weighted by Crippen LogP contribution is -2.32. The van der Waals surface area contributed by atoms with Crippen LogP contribution in [0.4, 0.5) is 14.5 Å². The van der Waals surface area contributed by atoms with E-state index in [0.717, 1.165) is 18.7 Å².